The molecule has 2 aromatic heterocycles. The summed E-state index contributed by atoms with van der Waals surface area (Å²) in [6.45, 7) is 0.663. The Hall–Kier alpha value is -1.95. The van der Waals surface area contributed by atoms with Crippen LogP contribution in [0.2, 0.25) is 0 Å². The van der Waals surface area contributed by atoms with E-state index in [-0.39, 0.29) is 5.82 Å². The van der Waals surface area contributed by atoms with Crippen LogP contribution in [0.15, 0.2) is 30.6 Å². The van der Waals surface area contributed by atoms with Crippen molar-refractivity contribution in [3.63, 3.8) is 0 Å². The summed E-state index contributed by atoms with van der Waals surface area (Å²) in [5.74, 6) is -0.258. The molecule has 0 amide bonds. The predicted molar refractivity (Wildman–Crippen MR) is 70.1 cm³/mol. The van der Waals surface area contributed by atoms with Gasteiger partial charge in [0.05, 0.1) is 16.4 Å². The molecule has 0 bridgehead atoms. The highest BCUT2D eigenvalue weighted by Gasteiger charge is 2.05. The number of fused-ring (bicyclic) bond motifs is 1. The fourth-order valence-electron chi connectivity index (χ4n) is 1.72. The van der Waals surface area contributed by atoms with E-state index in [1.807, 2.05) is 13.2 Å². The number of aromatic nitrogens is 3. The average molecular weight is 262 g/mol. The van der Waals surface area contributed by atoms with Gasteiger partial charge >= 0.3 is 0 Å². The summed E-state index contributed by atoms with van der Waals surface area (Å²) in [6, 6.07) is 4.64. The second-order valence-electron chi connectivity index (χ2n) is 4.01. The zero-order valence-corrected chi connectivity index (χ0v) is 10.5. The number of hydrogen-bond donors (Lipinski definition) is 1. The molecule has 0 saturated carbocycles. The Morgan fingerprint density at radius 1 is 1.44 bits per heavy atom. The number of rotatable bonds is 3. The minimum absolute atomic E-state index is 0.258. The third-order valence-corrected chi connectivity index (χ3v) is 3.55. The number of halogens is 1. The maximum atomic E-state index is 13.0. The molecule has 0 aliphatic heterocycles. The molecule has 18 heavy (non-hydrogen) atoms. The fraction of sp³-hybridized carbons (Fsp3) is 0.167. The number of aryl methyl sites for hydroxylation is 1. The fourth-order valence-corrected chi connectivity index (χ4v) is 2.56. The largest absolute Gasteiger partial charge is 0.357 e. The van der Waals surface area contributed by atoms with Crippen LogP contribution in [0.4, 0.5) is 9.52 Å². The molecule has 0 unspecified atom stereocenters. The Balaban J connectivity index is 1.78. The highest BCUT2D eigenvalue weighted by atomic mass is 32.1. The van der Waals surface area contributed by atoms with Crippen molar-refractivity contribution < 1.29 is 4.39 Å². The van der Waals surface area contributed by atoms with Gasteiger partial charge in [-0.1, -0.05) is 11.3 Å². The molecule has 0 fully saturated rings. The Bertz CT molecular complexity index is 688. The first-order valence-corrected chi connectivity index (χ1v) is 6.30. The van der Waals surface area contributed by atoms with Crippen molar-refractivity contribution in [2.45, 2.75) is 6.54 Å². The van der Waals surface area contributed by atoms with E-state index >= 15 is 0 Å². The van der Waals surface area contributed by atoms with Gasteiger partial charge in [-0.2, -0.15) is 5.10 Å². The van der Waals surface area contributed by atoms with Crippen LogP contribution in [0.1, 0.15) is 5.56 Å². The lowest BCUT2D eigenvalue weighted by molar-refractivity contribution is 0.629. The topological polar surface area (TPSA) is 42.7 Å². The molecule has 3 aromatic rings. The summed E-state index contributed by atoms with van der Waals surface area (Å²) in [6.07, 6.45) is 3.75. The lowest BCUT2D eigenvalue weighted by Gasteiger charge is -1.97. The lowest BCUT2D eigenvalue weighted by Crippen LogP contribution is -1.97. The van der Waals surface area contributed by atoms with Crippen molar-refractivity contribution in [3.05, 3.63) is 42.0 Å². The number of anilines is 1. The number of hydrogen-bond acceptors (Lipinski definition) is 4. The minimum atomic E-state index is -0.258. The van der Waals surface area contributed by atoms with Gasteiger partial charge in [-0.25, -0.2) is 9.37 Å². The van der Waals surface area contributed by atoms with Crippen molar-refractivity contribution >= 4 is 26.7 Å². The van der Waals surface area contributed by atoms with Crippen LogP contribution in [0.3, 0.4) is 0 Å². The zero-order valence-electron chi connectivity index (χ0n) is 9.72. The normalized spacial score (nSPS) is 11.0. The van der Waals surface area contributed by atoms with Crippen molar-refractivity contribution in [1.82, 2.24) is 14.8 Å². The first-order valence-electron chi connectivity index (χ1n) is 5.48. The molecule has 0 aliphatic rings. The Morgan fingerprint density at radius 2 is 2.33 bits per heavy atom. The minimum Gasteiger partial charge on any atom is -0.357 e. The highest BCUT2D eigenvalue weighted by molar-refractivity contribution is 7.22. The van der Waals surface area contributed by atoms with Gasteiger partial charge in [0, 0.05) is 31.4 Å². The van der Waals surface area contributed by atoms with Crippen LogP contribution in [-0.4, -0.2) is 14.8 Å². The molecular formula is C12H11FN4S. The van der Waals surface area contributed by atoms with Gasteiger partial charge in [0.2, 0.25) is 0 Å². The SMILES string of the molecule is Cn1cc(CNc2nc3cc(F)ccc3s2)cn1. The Labute approximate surface area is 107 Å². The molecule has 3 rings (SSSR count). The van der Waals surface area contributed by atoms with E-state index < -0.39 is 0 Å². The van der Waals surface area contributed by atoms with Crippen LogP contribution < -0.4 is 5.32 Å². The molecular weight excluding hydrogens is 251 g/mol. The van der Waals surface area contributed by atoms with Crippen LogP contribution in [0.5, 0.6) is 0 Å². The monoisotopic (exact) mass is 262 g/mol. The molecule has 0 atom stereocenters. The summed E-state index contributed by atoms with van der Waals surface area (Å²) in [4.78, 5) is 4.34. The number of nitrogens with zero attached hydrogens (tertiary/aromatic N) is 3. The first-order chi connectivity index (χ1) is 8.70. The van der Waals surface area contributed by atoms with Crippen molar-refractivity contribution in [2.75, 3.05) is 5.32 Å². The molecule has 0 radical (unpaired) electrons. The van der Waals surface area contributed by atoms with Gasteiger partial charge < -0.3 is 5.32 Å². The molecule has 0 spiro atoms. The highest BCUT2D eigenvalue weighted by Crippen LogP contribution is 2.26. The smallest absolute Gasteiger partial charge is 0.184 e. The maximum absolute atomic E-state index is 13.0. The number of nitrogens with one attached hydrogen (secondary N) is 1. The molecule has 1 aromatic carbocycles. The van der Waals surface area contributed by atoms with E-state index in [1.54, 1.807) is 16.9 Å². The summed E-state index contributed by atoms with van der Waals surface area (Å²) in [7, 11) is 1.88. The third kappa shape index (κ3) is 2.19. The van der Waals surface area contributed by atoms with Crippen LogP contribution >= 0.6 is 11.3 Å². The van der Waals surface area contributed by atoms with Gasteiger partial charge in [-0.15, -0.1) is 0 Å². The van der Waals surface area contributed by atoms with Gasteiger partial charge in [0.1, 0.15) is 5.82 Å². The second kappa shape index (κ2) is 4.38. The van der Waals surface area contributed by atoms with Crippen molar-refractivity contribution in [2.24, 2.45) is 7.05 Å². The van der Waals surface area contributed by atoms with Crippen LogP contribution in [-0.2, 0) is 13.6 Å². The van der Waals surface area contributed by atoms with Gasteiger partial charge in [0.15, 0.2) is 5.13 Å². The van der Waals surface area contributed by atoms with Gasteiger partial charge in [-0.05, 0) is 12.1 Å². The summed E-state index contributed by atoms with van der Waals surface area (Å²) < 4.78 is 15.8. The summed E-state index contributed by atoms with van der Waals surface area (Å²) in [5.41, 5.74) is 1.77. The molecule has 6 heteroatoms. The Kier molecular flexibility index (Phi) is 2.71. The average Bonchev–Trinajstić information content (AvgIpc) is 2.92. The van der Waals surface area contributed by atoms with E-state index in [0.29, 0.717) is 12.1 Å². The van der Waals surface area contributed by atoms with E-state index in [1.165, 1.54) is 23.5 Å². The van der Waals surface area contributed by atoms with Crippen LogP contribution in [0.25, 0.3) is 10.2 Å². The van der Waals surface area contributed by atoms with E-state index in [4.69, 9.17) is 0 Å². The van der Waals surface area contributed by atoms with Crippen molar-refractivity contribution in [1.29, 1.82) is 0 Å². The van der Waals surface area contributed by atoms with Crippen molar-refractivity contribution in [3.8, 4) is 0 Å². The first kappa shape index (κ1) is 11.2. The molecule has 0 saturated heterocycles. The standard InChI is InChI=1S/C12H11FN4S/c1-17-7-8(6-15-17)5-14-12-16-10-4-9(13)2-3-11(10)18-12/h2-4,6-7H,5H2,1H3,(H,14,16). The zero-order chi connectivity index (χ0) is 12.5. The summed E-state index contributed by atoms with van der Waals surface area (Å²) >= 11 is 1.52. The Morgan fingerprint density at radius 3 is 3.11 bits per heavy atom. The molecule has 4 nitrogen and oxygen atoms in total. The maximum Gasteiger partial charge on any atom is 0.184 e. The molecule has 0 aliphatic carbocycles. The van der Waals surface area contributed by atoms with Gasteiger partial charge in [0.25, 0.3) is 0 Å². The molecule has 2 heterocycles. The number of benzene rings is 1. The van der Waals surface area contributed by atoms with Gasteiger partial charge in [-0.3, -0.25) is 4.68 Å². The summed E-state index contributed by atoms with van der Waals surface area (Å²) in [5, 5.41) is 8.10. The second-order valence-corrected chi connectivity index (χ2v) is 5.04. The lowest BCUT2D eigenvalue weighted by atomic mass is 10.3. The predicted octanol–water partition coefficient (Wildman–Crippen LogP) is 2.78. The quantitative estimate of drug-likeness (QED) is 0.789. The van der Waals surface area contributed by atoms with E-state index in [9.17, 15) is 4.39 Å². The van der Waals surface area contributed by atoms with Crippen LogP contribution in [0, 0.1) is 5.82 Å². The number of thiazole rings is 1. The molecule has 92 valence electrons. The molecule has 1 N–H and O–H groups in total. The third-order valence-electron chi connectivity index (χ3n) is 2.55. The van der Waals surface area contributed by atoms with E-state index in [2.05, 4.69) is 15.4 Å². The van der Waals surface area contributed by atoms with E-state index in [0.717, 1.165) is 15.4 Å².